The number of thiol groups is 1. The summed E-state index contributed by atoms with van der Waals surface area (Å²) in [5.41, 5.74) is 5.17. The molecule has 0 bridgehead atoms. The molecule has 2 N–H and O–H groups in total. The first-order valence-corrected chi connectivity index (χ1v) is 2.91. The first-order valence-electron chi connectivity index (χ1n) is 2.39. The number of nitrogens with two attached hydrogens (primary N) is 1. The molecule has 2 heteroatoms. The molecule has 0 aliphatic heterocycles. The van der Waals surface area contributed by atoms with Crippen LogP contribution in [0.4, 0.5) is 0 Å². The highest BCUT2D eigenvalue weighted by Gasteiger charge is 1.64. The van der Waals surface area contributed by atoms with Crippen LogP contribution in [0.3, 0.4) is 0 Å². The van der Waals surface area contributed by atoms with Gasteiger partial charge in [0.15, 0.2) is 0 Å². The SMILES string of the molecule is NCCC#C/C=C/S. The van der Waals surface area contributed by atoms with Gasteiger partial charge in [-0.3, -0.25) is 0 Å². The van der Waals surface area contributed by atoms with Crippen molar-refractivity contribution in [2.24, 2.45) is 5.73 Å². The van der Waals surface area contributed by atoms with Gasteiger partial charge in [0.2, 0.25) is 0 Å². The van der Waals surface area contributed by atoms with Crippen molar-refractivity contribution in [3.63, 3.8) is 0 Å². The van der Waals surface area contributed by atoms with Crippen LogP contribution in [-0.2, 0) is 0 Å². The molecule has 0 saturated heterocycles. The summed E-state index contributed by atoms with van der Waals surface area (Å²) in [7, 11) is 0. The van der Waals surface area contributed by atoms with Gasteiger partial charge in [0.25, 0.3) is 0 Å². The van der Waals surface area contributed by atoms with Crippen molar-refractivity contribution in [2.75, 3.05) is 6.54 Å². The molecule has 1 nitrogen and oxygen atoms in total. The van der Waals surface area contributed by atoms with Gasteiger partial charge in [-0.15, -0.1) is 0 Å². The Morgan fingerprint density at radius 3 is 2.88 bits per heavy atom. The van der Waals surface area contributed by atoms with Gasteiger partial charge in [0, 0.05) is 13.0 Å². The van der Waals surface area contributed by atoms with E-state index in [9.17, 15) is 0 Å². The van der Waals surface area contributed by atoms with Crippen molar-refractivity contribution < 1.29 is 0 Å². The second-order valence-electron chi connectivity index (χ2n) is 1.18. The van der Waals surface area contributed by atoms with Crippen LogP contribution in [-0.4, -0.2) is 6.54 Å². The van der Waals surface area contributed by atoms with Crippen LogP contribution < -0.4 is 5.73 Å². The molecule has 0 aromatic carbocycles. The molecule has 0 amide bonds. The van der Waals surface area contributed by atoms with Crippen LogP contribution in [0.1, 0.15) is 6.42 Å². The average Bonchev–Trinajstić information content (AvgIpc) is 1.81. The van der Waals surface area contributed by atoms with Gasteiger partial charge in [0.1, 0.15) is 0 Å². The lowest BCUT2D eigenvalue weighted by molar-refractivity contribution is 1.03. The van der Waals surface area contributed by atoms with E-state index >= 15 is 0 Å². The van der Waals surface area contributed by atoms with Gasteiger partial charge in [-0.05, 0) is 11.5 Å². The summed E-state index contributed by atoms with van der Waals surface area (Å²) in [6, 6.07) is 0. The third-order valence-corrected chi connectivity index (χ3v) is 0.678. The van der Waals surface area contributed by atoms with Crippen LogP contribution in [0.5, 0.6) is 0 Å². The lowest BCUT2D eigenvalue weighted by Gasteiger charge is -1.74. The van der Waals surface area contributed by atoms with E-state index in [2.05, 4.69) is 24.5 Å². The second kappa shape index (κ2) is 6.61. The normalized spacial score (nSPS) is 8.75. The van der Waals surface area contributed by atoms with E-state index in [0.717, 1.165) is 6.42 Å². The fourth-order valence-electron chi connectivity index (χ4n) is 0.241. The highest BCUT2D eigenvalue weighted by atomic mass is 32.1. The van der Waals surface area contributed by atoms with Gasteiger partial charge in [0.05, 0.1) is 0 Å². The van der Waals surface area contributed by atoms with Gasteiger partial charge in [-0.1, -0.05) is 11.8 Å². The number of hydrogen-bond donors (Lipinski definition) is 2. The zero-order valence-corrected chi connectivity index (χ0v) is 5.49. The zero-order chi connectivity index (χ0) is 6.24. The molecule has 0 aromatic rings. The summed E-state index contributed by atoms with van der Waals surface area (Å²) in [5, 5.41) is 1.60. The van der Waals surface area contributed by atoms with Crippen LogP contribution in [0, 0.1) is 11.8 Å². The summed E-state index contributed by atoms with van der Waals surface area (Å²) >= 11 is 3.81. The Labute approximate surface area is 55.4 Å². The fraction of sp³-hybridized carbons (Fsp3) is 0.333. The lowest BCUT2D eigenvalue weighted by Crippen LogP contribution is -1.95. The molecule has 0 atom stereocenters. The predicted molar refractivity (Wildman–Crippen MR) is 39.6 cm³/mol. The molecule has 0 aliphatic carbocycles. The minimum Gasteiger partial charge on any atom is -0.330 e. The summed E-state index contributed by atoms with van der Waals surface area (Å²) in [6.07, 6.45) is 2.44. The second-order valence-corrected chi connectivity index (χ2v) is 1.47. The maximum Gasteiger partial charge on any atom is 0.0215 e. The molecule has 0 unspecified atom stereocenters. The molecule has 0 rings (SSSR count). The van der Waals surface area contributed by atoms with E-state index < -0.39 is 0 Å². The Bertz CT molecular complexity index is 118. The van der Waals surface area contributed by atoms with Crippen LogP contribution in [0.15, 0.2) is 11.5 Å². The molecule has 0 aromatic heterocycles. The number of rotatable bonds is 1. The molecule has 44 valence electrons. The maximum atomic E-state index is 5.17. The Kier molecular flexibility index (Phi) is 6.29. The Hall–Kier alpha value is -0.390. The number of allylic oxidation sites excluding steroid dienone is 1. The average molecular weight is 127 g/mol. The smallest absolute Gasteiger partial charge is 0.0215 e. The van der Waals surface area contributed by atoms with E-state index in [-0.39, 0.29) is 0 Å². The van der Waals surface area contributed by atoms with Crippen molar-refractivity contribution in [3.8, 4) is 11.8 Å². The monoisotopic (exact) mass is 127 g/mol. The standard InChI is InChI=1S/C6H9NS/c7-5-3-1-2-4-6-8/h4,6,8H,3,5,7H2/b6-4+. The quantitative estimate of drug-likeness (QED) is 0.395. The van der Waals surface area contributed by atoms with E-state index in [4.69, 9.17) is 5.73 Å². The molecule has 8 heavy (non-hydrogen) atoms. The Morgan fingerprint density at radius 1 is 1.62 bits per heavy atom. The van der Waals surface area contributed by atoms with Crippen molar-refractivity contribution in [1.29, 1.82) is 0 Å². The molecule has 0 spiro atoms. The molecule has 0 fully saturated rings. The Morgan fingerprint density at radius 2 is 2.38 bits per heavy atom. The zero-order valence-electron chi connectivity index (χ0n) is 4.59. The summed E-state index contributed by atoms with van der Waals surface area (Å²) < 4.78 is 0. The van der Waals surface area contributed by atoms with E-state index in [0.29, 0.717) is 6.54 Å². The third-order valence-electron chi connectivity index (χ3n) is 0.529. The Balaban J connectivity index is 3.21. The van der Waals surface area contributed by atoms with Crippen molar-refractivity contribution in [1.82, 2.24) is 0 Å². The predicted octanol–water partition coefficient (Wildman–Crippen LogP) is 0.782. The topological polar surface area (TPSA) is 26.0 Å². The summed E-state index contributed by atoms with van der Waals surface area (Å²) in [6.45, 7) is 0.632. The molecule has 0 aliphatic rings. The first-order chi connectivity index (χ1) is 3.91. The van der Waals surface area contributed by atoms with Crippen LogP contribution in [0.25, 0.3) is 0 Å². The highest BCUT2D eigenvalue weighted by molar-refractivity contribution is 7.83. The highest BCUT2D eigenvalue weighted by Crippen LogP contribution is 1.74. The van der Waals surface area contributed by atoms with Crippen molar-refractivity contribution in [2.45, 2.75) is 6.42 Å². The van der Waals surface area contributed by atoms with Crippen molar-refractivity contribution in [3.05, 3.63) is 11.5 Å². The largest absolute Gasteiger partial charge is 0.330 e. The van der Waals surface area contributed by atoms with Gasteiger partial charge in [-0.2, -0.15) is 12.6 Å². The molecule has 0 radical (unpaired) electrons. The maximum absolute atomic E-state index is 5.17. The van der Waals surface area contributed by atoms with Crippen LogP contribution in [0.2, 0.25) is 0 Å². The number of hydrogen-bond acceptors (Lipinski definition) is 2. The van der Waals surface area contributed by atoms with Crippen LogP contribution >= 0.6 is 12.6 Å². The minimum atomic E-state index is 0.632. The van der Waals surface area contributed by atoms with Gasteiger partial charge >= 0.3 is 0 Å². The lowest BCUT2D eigenvalue weighted by atomic mass is 10.4. The summed E-state index contributed by atoms with van der Waals surface area (Å²) in [5.74, 6) is 5.57. The molecule has 0 heterocycles. The fourth-order valence-corrected chi connectivity index (χ4v) is 0.315. The third kappa shape index (κ3) is 5.61. The summed E-state index contributed by atoms with van der Waals surface area (Å²) in [4.78, 5) is 0. The van der Waals surface area contributed by atoms with E-state index in [1.54, 1.807) is 11.5 Å². The van der Waals surface area contributed by atoms with Gasteiger partial charge < -0.3 is 5.73 Å². The minimum absolute atomic E-state index is 0.632. The van der Waals surface area contributed by atoms with E-state index in [1.807, 2.05) is 0 Å². The molecular weight excluding hydrogens is 118 g/mol. The van der Waals surface area contributed by atoms with E-state index in [1.165, 1.54) is 0 Å². The molecule has 0 saturated carbocycles. The molecular formula is C6H9NS. The van der Waals surface area contributed by atoms with Crippen molar-refractivity contribution >= 4 is 12.6 Å². The van der Waals surface area contributed by atoms with Gasteiger partial charge in [-0.25, -0.2) is 0 Å². The first kappa shape index (κ1) is 7.61.